The van der Waals surface area contributed by atoms with Crippen LogP contribution in [0.2, 0.25) is 0 Å². The number of hydrogen-bond acceptors (Lipinski definition) is 8. The Balaban J connectivity index is 0.00000423. The molecule has 4 atom stereocenters. The molecule has 2 aromatic carbocycles. The van der Waals surface area contributed by atoms with E-state index in [1.807, 2.05) is 54.6 Å². The lowest BCUT2D eigenvalue weighted by Gasteiger charge is -2.23. The fourth-order valence-electron chi connectivity index (χ4n) is 5.13. The van der Waals surface area contributed by atoms with Crippen molar-refractivity contribution in [2.24, 2.45) is 5.92 Å². The molecule has 0 spiro atoms. The Hall–Kier alpha value is -3.71. The molecule has 230 valence electrons. The van der Waals surface area contributed by atoms with E-state index in [-0.39, 0.29) is 37.4 Å². The minimum Gasteiger partial charge on any atom is -0.497 e. The van der Waals surface area contributed by atoms with Crippen LogP contribution in [0.1, 0.15) is 19.8 Å². The van der Waals surface area contributed by atoms with Gasteiger partial charge in [0.05, 0.1) is 24.4 Å². The predicted molar refractivity (Wildman–Crippen MR) is 166 cm³/mol. The molecule has 1 saturated carbocycles. The summed E-state index contributed by atoms with van der Waals surface area (Å²) in [5, 5.41) is 6.79. The van der Waals surface area contributed by atoms with Crippen LogP contribution in [0.4, 0.5) is 0 Å². The molecule has 3 N–H and O–H groups in total. The summed E-state index contributed by atoms with van der Waals surface area (Å²) in [6.07, 6.45) is 1.83. The minimum atomic E-state index is -4.03. The number of nitrogens with zero attached hydrogens (tertiary/aromatic N) is 2. The molecular weight excluding hydrogens is 594 g/mol. The third kappa shape index (κ3) is 6.62. The van der Waals surface area contributed by atoms with Gasteiger partial charge in [-0.05, 0) is 18.6 Å². The molecule has 2 fully saturated rings. The van der Waals surface area contributed by atoms with Crippen LogP contribution in [0.5, 0.6) is 11.5 Å². The standard InChI is InChI=1S/C30H35N5O6S.ClH/c1-5-20-17-30(20,29(37)34-42(38,39)35(3)6-2)33-28(36)26-15-22(18-31-26)41-27-16-24(19-10-8-7-9-11-19)32-25-14-21(40-4)12-13-23(25)27;/h5,7-14,16,20,22,26,31H,1,6,15,17-18H2,2-4H3,(H,33,36)(H,34,37);1H/t20?,22-,26+,30-;/m1./s1. The number of nitrogens with one attached hydrogen (secondary N) is 3. The summed E-state index contributed by atoms with van der Waals surface area (Å²) in [7, 11) is -1.06. The fraction of sp³-hybridized carbons (Fsp3) is 0.367. The first-order valence-electron chi connectivity index (χ1n) is 13.8. The third-order valence-corrected chi connectivity index (χ3v) is 9.40. The number of carbonyl (C=O) groups is 2. The van der Waals surface area contributed by atoms with Gasteiger partial charge in [0, 0.05) is 55.6 Å². The quantitative estimate of drug-likeness (QED) is 0.275. The van der Waals surface area contributed by atoms with E-state index in [4.69, 9.17) is 14.5 Å². The number of ether oxygens (including phenoxy) is 2. The van der Waals surface area contributed by atoms with Crippen molar-refractivity contribution in [3.63, 3.8) is 0 Å². The lowest BCUT2D eigenvalue weighted by molar-refractivity contribution is -0.130. The second-order valence-electron chi connectivity index (χ2n) is 10.5. The zero-order valence-electron chi connectivity index (χ0n) is 24.2. The second kappa shape index (κ2) is 12.9. The number of amides is 2. The number of benzene rings is 2. The zero-order chi connectivity index (χ0) is 30.1. The van der Waals surface area contributed by atoms with Crippen molar-refractivity contribution < 1.29 is 27.5 Å². The van der Waals surface area contributed by atoms with E-state index in [0.717, 1.165) is 20.9 Å². The molecule has 13 heteroatoms. The van der Waals surface area contributed by atoms with Crippen LogP contribution >= 0.6 is 12.4 Å². The molecule has 11 nitrogen and oxygen atoms in total. The van der Waals surface area contributed by atoms with E-state index < -0.39 is 33.6 Å². The van der Waals surface area contributed by atoms with Crippen molar-refractivity contribution in [3.05, 3.63) is 67.3 Å². The van der Waals surface area contributed by atoms with Gasteiger partial charge in [-0.3, -0.25) is 9.59 Å². The largest absolute Gasteiger partial charge is 0.497 e. The summed E-state index contributed by atoms with van der Waals surface area (Å²) in [6, 6.07) is 16.6. The highest BCUT2D eigenvalue weighted by molar-refractivity contribution is 7.87. The highest BCUT2D eigenvalue weighted by Gasteiger charge is 2.61. The molecule has 1 aliphatic carbocycles. The molecule has 1 saturated heterocycles. The average molecular weight is 630 g/mol. The van der Waals surface area contributed by atoms with Gasteiger partial charge >= 0.3 is 10.2 Å². The van der Waals surface area contributed by atoms with Gasteiger partial charge in [-0.2, -0.15) is 12.7 Å². The first-order valence-corrected chi connectivity index (χ1v) is 15.2. The number of aromatic nitrogens is 1. The Morgan fingerprint density at radius 3 is 2.60 bits per heavy atom. The summed E-state index contributed by atoms with van der Waals surface area (Å²) in [5.41, 5.74) is 1.02. The zero-order valence-corrected chi connectivity index (χ0v) is 25.8. The summed E-state index contributed by atoms with van der Waals surface area (Å²) >= 11 is 0. The van der Waals surface area contributed by atoms with E-state index in [9.17, 15) is 18.0 Å². The van der Waals surface area contributed by atoms with Gasteiger partial charge in [-0.1, -0.05) is 43.3 Å². The molecule has 1 unspecified atom stereocenters. The number of methoxy groups -OCH3 is 1. The van der Waals surface area contributed by atoms with Crippen LogP contribution < -0.4 is 24.8 Å². The van der Waals surface area contributed by atoms with Crippen molar-refractivity contribution in [1.82, 2.24) is 24.6 Å². The van der Waals surface area contributed by atoms with Crippen molar-refractivity contribution >= 4 is 45.3 Å². The highest BCUT2D eigenvalue weighted by Crippen LogP contribution is 2.45. The van der Waals surface area contributed by atoms with E-state index in [1.165, 1.54) is 7.05 Å². The van der Waals surface area contributed by atoms with Crippen LogP contribution in [0.25, 0.3) is 22.2 Å². The normalized spacial score (nSPS) is 22.8. The molecule has 5 rings (SSSR count). The Labute approximate surface area is 257 Å². The van der Waals surface area contributed by atoms with Crippen LogP contribution in [0.3, 0.4) is 0 Å². The van der Waals surface area contributed by atoms with Gasteiger partial charge in [0.25, 0.3) is 5.91 Å². The SMILES string of the molecule is C=CC1C[C@]1(NC(=O)[C@@H]1C[C@@H](Oc2cc(-c3ccccc3)nc3cc(OC)ccc23)CN1)C(=O)NS(=O)(=O)N(C)CC.Cl. The molecule has 1 aromatic heterocycles. The lowest BCUT2D eigenvalue weighted by Crippen LogP contribution is -2.56. The molecule has 2 aliphatic rings. The van der Waals surface area contributed by atoms with Gasteiger partial charge in [0.2, 0.25) is 5.91 Å². The van der Waals surface area contributed by atoms with E-state index >= 15 is 0 Å². The molecule has 1 aliphatic heterocycles. The van der Waals surface area contributed by atoms with Crippen molar-refractivity contribution in [2.75, 3.05) is 27.2 Å². The Morgan fingerprint density at radius 2 is 1.95 bits per heavy atom. The van der Waals surface area contributed by atoms with Crippen molar-refractivity contribution in [3.8, 4) is 22.8 Å². The Bertz CT molecular complexity index is 1620. The first kappa shape index (κ1) is 32.2. The van der Waals surface area contributed by atoms with E-state index in [2.05, 4.69) is 21.9 Å². The van der Waals surface area contributed by atoms with Gasteiger partial charge in [-0.25, -0.2) is 9.71 Å². The first-order chi connectivity index (χ1) is 20.1. The maximum Gasteiger partial charge on any atom is 0.303 e. The van der Waals surface area contributed by atoms with Gasteiger partial charge in [0.15, 0.2) is 0 Å². The molecule has 0 bridgehead atoms. The van der Waals surface area contributed by atoms with E-state index in [0.29, 0.717) is 30.0 Å². The topological polar surface area (TPSA) is 139 Å². The number of fused-ring (bicyclic) bond motifs is 1. The molecule has 43 heavy (non-hydrogen) atoms. The summed E-state index contributed by atoms with van der Waals surface area (Å²) in [6.45, 7) is 5.98. The Morgan fingerprint density at radius 1 is 1.21 bits per heavy atom. The number of carbonyl (C=O) groups excluding carboxylic acids is 2. The molecule has 2 amide bonds. The maximum atomic E-state index is 13.3. The summed E-state index contributed by atoms with van der Waals surface area (Å²) in [4.78, 5) is 31.2. The number of halogens is 1. The summed E-state index contributed by atoms with van der Waals surface area (Å²) in [5.74, 6) is -0.261. The lowest BCUT2D eigenvalue weighted by atomic mass is 10.1. The number of pyridine rings is 1. The van der Waals surface area contributed by atoms with Crippen LogP contribution in [-0.2, 0) is 19.8 Å². The van der Waals surface area contributed by atoms with Gasteiger partial charge < -0.3 is 20.1 Å². The summed E-state index contributed by atoms with van der Waals surface area (Å²) < 4.78 is 39.9. The molecule has 2 heterocycles. The highest BCUT2D eigenvalue weighted by atomic mass is 35.5. The van der Waals surface area contributed by atoms with Crippen LogP contribution in [-0.4, -0.2) is 74.5 Å². The predicted octanol–water partition coefficient (Wildman–Crippen LogP) is 2.82. The average Bonchev–Trinajstić information content (AvgIpc) is 3.52. The maximum absolute atomic E-state index is 13.3. The smallest absolute Gasteiger partial charge is 0.303 e. The van der Waals surface area contributed by atoms with Gasteiger partial charge in [-0.15, -0.1) is 19.0 Å². The molecule has 0 radical (unpaired) electrons. The van der Waals surface area contributed by atoms with Crippen LogP contribution in [0, 0.1) is 5.92 Å². The third-order valence-electron chi connectivity index (χ3n) is 7.88. The second-order valence-corrected chi connectivity index (χ2v) is 12.3. The number of hydrogen-bond donors (Lipinski definition) is 3. The van der Waals surface area contributed by atoms with Crippen molar-refractivity contribution in [1.29, 1.82) is 0 Å². The van der Waals surface area contributed by atoms with Gasteiger partial charge in [0.1, 0.15) is 23.1 Å². The van der Waals surface area contributed by atoms with E-state index in [1.54, 1.807) is 20.1 Å². The van der Waals surface area contributed by atoms with Crippen molar-refractivity contribution in [2.45, 2.75) is 37.5 Å². The number of rotatable bonds is 11. The Kier molecular flexibility index (Phi) is 9.65. The molecule has 3 aromatic rings. The molecular formula is C30H36ClN5O6S. The minimum absolute atomic E-state index is 0. The van der Waals surface area contributed by atoms with Crippen LogP contribution in [0.15, 0.2) is 67.3 Å². The fourth-order valence-corrected chi connectivity index (χ4v) is 6.04. The monoisotopic (exact) mass is 629 g/mol.